The highest BCUT2D eigenvalue weighted by Crippen LogP contribution is 2.17. The van der Waals surface area contributed by atoms with E-state index in [0.717, 1.165) is 0 Å². The largest absolute Gasteiger partial charge is 0.381 e. The second-order valence-electron chi connectivity index (χ2n) is 3.51. The standard InChI is InChI=1S/C11H13FO2/c1-7(2)10(13)11(14)8-3-5-9(12)6-4-8/h3-7,11,14H,1-2H3. The maximum Gasteiger partial charge on any atom is 0.168 e. The molecule has 0 aliphatic carbocycles. The van der Waals surface area contributed by atoms with Gasteiger partial charge in [0, 0.05) is 5.92 Å². The van der Waals surface area contributed by atoms with E-state index in [-0.39, 0.29) is 17.5 Å². The highest BCUT2D eigenvalue weighted by atomic mass is 19.1. The molecule has 0 aromatic heterocycles. The maximum atomic E-state index is 12.5. The molecule has 0 saturated heterocycles. The molecule has 0 fully saturated rings. The van der Waals surface area contributed by atoms with Gasteiger partial charge in [-0.1, -0.05) is 26.0 Å². The van der Waals surface area contributed by atoms with E-state index < -0.39 is 6.10 Å². The third-order valence-corrected chi connectivity index (χ3v) is 2.02. The smallest absolute Gasteiger partial charge is 0.168 e. The van der Waals surface area contributed by atoms with Crippen LogP contribution in [0.3, 0.4) is 0 Å². The van der Waals surface area contributed by atoms with Crippen LogP contribution in [0.1, 0.15) is 25.5 Å². The molecular weight excluding hydrogens is 183 g/mol. The Morgan fingerprint density at radius 2 is 1.79 bits per heavy atom. The molecule has 0 radical (unpaired) electrons. The van der Waals surface area contributed by atoms with E-state index in [0.29, 0.717) is 5.56 Å². The summed E-state index contributed by atoms with van der Waals surface area (Å²) < 4.78 is 12.5. The van der Waals surface area contributed by atoms with Crippen LogP contribution in [-0.4, -0.2) is 10.9 Å². The summed E-state index contributed by atoms with van der Waals surface area (Å²) in [5.74, 6) is -0.857. The topological polar surface area (TPSA) is 37.3 Å². The first-order chi connectivity index (χ1) is 6.52. The van der Waals surface area contributed by atoms with E-state index in [1.165, 1.54) is 24.3 Å². The van der Waals surface area contributed by atoms with Gasteiger partial charge in [-0.25, -0.2) is 4.39 Å². The lowest BCUT2D eigenvalue weighted by Gasteiger charge is -2.11. The van der Waals surface area contributed by atoms with E-state index in [4.69, 9.17) is 0 Å². The van der Waals surface area contributed by atoms with Crippen LogP contribution in [0.4, 0.5) is 4.39 Å². The summed E-state index contributed by atoms with van der Waals surface area (Å²) in [6, 6.07) is 5.29. The molecule has 0 spiro atoms. The quantitative estimate of drug-likeness (QED) is 0.803. The summed E-state index contributed by atoms with van der Waals surface area (Å²) in [6.45, 7) is 3.43. The van der Waals surface area contributed by atoms with E-state index in [1.807, 2.05) is 0 Å². The van der Waals surface area contributed by atoms with Crippen molar-refractivity contribution in [2.24, 2.45) is 5.92 Å². The SMILES string of the molecule is CC(C)C(=O)C(O)c1ccc(F)cc1. The molecule has 1 unspecified atom stereocenters. The minimum absolute atomic E-state index is 0.227. The van der Waals surface area contributed by atoms with Gasteiger partial charge in [0.05, 0.1) is 0 Å². The van der Waals surface area contributed by atoms with Gasteiger partial charge in [-0.15, -0.1) is 0 Å². The van der Waals surface area contributed by atoms with Crippen molar-refractivity contribution in [2.45, 2.75) is 20.0 Å². The molecule has 0 aliphatic rings. The Labute approximate surface area is 82.4 Å². The molecule has 76 valence electrons. The Balaban J connectivity index is 2.84. The zero-order chi connectivity index (χ0) is 10.7. The molecule has 0 amide bonds. The molecule has 0 saturated carbocycles. The van der Waals surface area contributed by atoms with Crippen LogP contribution in [0.5, 0.6) is 0 Å². The molecule has 1 aromatic carbocycles. The van der Waals surface area contributed by atoms with Crippen molar-refractivity contribution < 1.29 is 14.3 Å². The lowest BCUT2D eigenvalue weighted by Crippen LogP contribution is -2.17. The molecule has 0 bridgehead atoms. The van der Waals surface area contributed by atoms with Crippen LogP contribution in [0.25, 0.3) is 0 Å². The van der Waals surface area contributed by atoms with Gasteiger partial charge >= 0.3 is 0 Å². The number of rotatable bonds is 3. The van der Waals surface area contributed by atoms with Crippen LogP contribution in [0, 0.1) is 11.7 Å². The van der Waals surface area contributed by atoms with Crippen molar-refractivity contribution >= 4 is 5.78 Å². The zero-order valence-corrected chi connectivity index (χ0v) is 8.20. The van der Waals surface area contributed by atoms with Crippen LogP contribution in [0.2, 0.25) is 0 Å². The fraction of sp³-hybridized carbons (Fsp3) is 0.364. The van der Waals surface area contributed by atoms with Crippen molar-refractivity contribution in [1.29, 1.82) is 0 Å². The maximum absolute atomic E-state index is 12.5. The Morgan fingerprint density at radius 1 is 1.29 bits per heavy atom. The van der Waals surface area contributed by atoms with Gasteiger partial charge in [0.25, 0.3) is 0 Å². The lowest BCUT2D eigenvalue weighted by atomic mass is 9.98. The monoisotopic (exact) mass is 196 g/mol. The molecule has 3 heteroatoms. The number of halogens is 1. The van der Waals surface area contributed by atoms with Gasteiger partial charge in [0.15, 0.2) is 5.78 Å². The van der Waals surface area contributed by atoms with Crippen LogP contribution in [-0.2, 0) is 4.79 Å². The first-order valence-corrected chi connectivity index (χ1v) is 4.49. The van der Waals surface area contributed by atoms with E-state index in [2.05, 4.69) is 0 Å². The van der Waals surface area contributed by atoms with E-state index in [1.54, 1.807) is 13.8 Å². The van der Waals surface area contributed by atoms with Gasteiger partial charge in [-0.05, 0) is 17.7 Å². The second-order valence-corrected chi connectivity index (χ2v) is 3.51. The molecule has 2 nitrogen and oxygen atoms in total. The fourth-order valence-corrected chi connectivity index (χ4v) is 1.13. The summed E-state index contributed by atoms with van der Waals surface area (Å²) in [4.78, 5) is 11.4. The van der Waals surface area contributed by atoms with Gasteiger partial charge < -0.3 is 5.11 Å². The minimum atomic E-state index is -1.14. The average molecular weight is 196 g/mol. The number of aliphatic hydroxyl groups excluding tert-OH is 1. The van der Waals surface area contributed by atoms with Gasteiger partial charge in [-0.3, -0.25) is 4.79 Å². The molecule has 0 aliphatic heterocycles. The first kappa shape index (κ1) is 10.9. The number of benzene rings is 1. The second kappa shape index (κ2) is 4.33. The van der Waals surface area contributed by atoms with Crippen molar-refractivity contribution in [3.63, 3.8) is 0 Å². The summed E-state index contributed by atoms with van der Waals surface area (Å²) in [6.07, 6.45) is -1.14. The van der Waals surface area contributed by atoms with Gasteiger partial charge in [0.2, 0.25) is 0 Å². The molecule has 1 atom stereocenters. The molecular formula is C11H13FO2. The number of carbonyl (C=O) groups excluding carboxylic acids is 1. The normalized spacial score (nSPS) is 12.9. The number of carbonyl (C=O) groups is 1. The van der Waals surface area contributed by atoms with Crippen LogP contribution in [0.15, 0.2) is 24.3 Å². The Morgan fingerprint density at radius 3 is 2.21 bits per heavy atom. The summed E-state index contributed by atoms with van der Waals surface area (Å²) >= 11 is 0. The van der Waals surface area contributed by atoms with Crippen LogP contribution >= 0.6 is 0 Å². The Bertz CT molecular complexity index is 317. The molecule has 14 heavy (non-hydrogen) atoms. The Kier molecular flexibility index (Phi) is 3.36. The lowest BCUT2D eigenvalue weighted by molar-refractivity contribution is -0.130. The molecule has 1 rings (SSSR count). The number of Topliss-reactive ketones (excluding diaryl/α,β-unsaturated/α-hetero) is 1. The van der Waals surface area contributed by atoms with Crippen molar-refractivity contribution in [3.8, 4) is 0 Å². The minimum Gasteiger partial charge on any atom is -0.381 e. The Hall–Kier alpha value is -1.22. The van der Waals surface area contributed by atoms with Crippen molar-refractivity contribution in [1.82, 2.24) is 0 Å². The predicted octanol–water partition coefficient (Wildman–Crippen LogP) is 2.08. The van der Waals surface area contributed by atoms with Gasteiger partial charge in [0.1, 0.15) is 11.9 Å². The number of ketones is 1. The first-order valence-electron chi connectivity index (χ1n) is 4.49. The number of hydrogen-bond acceptors (Lipinski definition) is 2. The summed E-state index contributed by atoms with van der Waals surface area (Å²) in [7, 11) is 0. The third-order valence-electron chi connectivity index (χ3n) is 2.02. The average Bonchev–Trinajstić information content (AvgIpc) is 2.16. The highest BCUT2D eigenvalue weighted by molar-refractivity contribution is 5.85. The third kappa shape index (κ3) is 2.39. The zero-order valence-electron chi connectivity index (χ0n) is 8.20. The van der Waals surface area contributed by atoms with Crippen molar-refractivity contribution in [3.05, 3.63) is 35.6 Å². The summed E-state index contributed by atoms with van der Waals surface area (Å²) in [5, 5.41) is 9.58. The highest BCUT2D eigenvalue weighted by Gasteiger charge is 2.19. The number of hydrogen-bond donors (Lipinski definition) is 1. The van der Waals surface area contributed by atoms with Gasteiger partial charge in [-0.2, -0.15) is 0 Å². The van der Waals surface area contributed by atoms with Crippen molar-refractivity contribution in [2.75, 3.05) is 0 Å². The molecule has 0 heterocycles. The van der Waals surface area contributed by atoms with Crippen LogP contribution < -0.4 is 0 Å². The van der Waals surface area contributed by atoms with E-state index >= 15 is 0 Å². The number of aliphatic hydroxyl groups is 1. The fourth-order valence-electron chi connectivity index (χ4n) is 1.13. The predicted molar refractivity (Wildman–Crippen MR) is 51.2 cm³/mol. The molecule has 1 aromatic rings. The summed E-state index contributed by atoms with van der Waals surface area (Å²) in [5.41, 5.74) is 0.435. The molecule has 1 N–H and O–H groups in total. The van der Waals surface area contributed by atoms with E-state index in [9.17, 15) is 14.3 Å².